The summed E-state index contributed by atoms with van der Waals surface area (Å²) in [5, 5.41) is 4.84. The van der Waals surface area contributed by atoms with Crippen molar-refractivity contribution in [3.05, 3.63) is 57.5 Å². The molecule has 0 saturated carbocycles. The summed E-state index contributed by atoms with van der Waals surface area (Å²) in [4.78, 5) is 0. The van der Waals surface area contributed by atoms with Crippen LogP contribution in [0.15, 0.2) is 34.7 Å². The van der Waals surface area contributed by atoms with Crippen LogP contribution in [-0.4, -0.2) is 6.54 Å². The highest BCUT2D eigenvalue weighted by Crippen LogP contribution is 2.27. The van der Waals surface area contributed by atoms with Crippen LogP contribution in [0, 0.1) is 6.92 Å². The van der Waals surface area contributed by atoms with E-state index in [0.717, 1.165) is 35.1 Å². The summed E-state index contributed by atoms with van der Waals surface area (Å²) in [7, 11) is 0. The van der Waals surface area contributed by atoms with Crippen LogP contribution in [0.2, 0.25) is 10.0 Å². The van der Waals surface area contributed by atoms with Crippen molar-refractivity contribution in [1.82, 2.24) is 5.32 Å². The Balaban J connectivity index is 2.23. The molecule has 2 nitrogen and oxygen atoms in total. The third-order valence-corrected chi connectivity index (χ3v) is 3.59. The minimum Gasteiger partial charge on any atom is -0.465 e. The van der Waals surface area contributed by atoms with Crippen molar-refractivity contribution in [2.75, 3.05) is 6.54 Å². The first-order chi connectivity index (χ1) is 9.10. The molecule has 0 amide bonds. The molecule has 0 saturated heterocycles. The number of likely N-dealkylation sites (N-methyl/N-ethyl adjacent to an activating group) is 1. The minimum absolute atomic E-state index is 0.106. The Morgan fingerprint density at radius 2 is 2.00 bits per heavy atom. The van der Waals surface area contributed by atoms with Crippen LogP contribution in [0.1, 0.15) is 30.0 Å². The van der Waals surface area contributed by atoms with Gasteiger partial charge in [-0.25, -0.2) is 0 Å². The Labute approximate surface area is 123 Å². The molecule has 0 aliphatic heterocycles. The standard InChI is InChI=1S/C15H17Cl2NO/c1-3-18-14(15-7-4-10(2)19-15)9-11-8-12(16)5-6-13(11)17/h4-8,14,18H,3,9H2,1-2H3. The summed E-state index contributed by atoms with van der Waals surface area (Å²) in [6, 6.07) is 9.61. The molecule has 0 spiro atoms. The molecule has 0 radical (unpaired) electrons. The van der Waals surface area contributed by atoms with E-state index in [4.69, 9.17) is 27.6 Å². The predicted octanol–water partition coefficient (Wildman–Crippen LogP) is 4.79. The number of hydrogen-bond donors (Lipinski definition) is 1. The van der Waals surface area contributed by atoms with Crippen LogP contribution >= 0.6 is 23.2 Å². The van der Waals surface area contributed by atoms with Crippen molar-refractivity contribution in [2.24, 2.45) is 0 Å². The lowest BCUT2D eigenvalue weighted by Crippen LogP contribution is -2.22. The topological polar surface area (TPSA) is 25.2 Å². The molecule has 0 aliphatic rings. The number of furan rings is 1. The second-order valence-electron chi connectivity index (χ2n) is 4.50. The maximum Gasteiger partial charge on any atom is 0.121 e. The lowest BCUT2D eigenvalue weighted by molar-refractivity contribution is 0.403. The van der Waals surface area contributed by atoms with Gasteiger partial charge in [-0.05, 0) is 55.8 Å². The third-order valence-electron chi connectivity index (χ3n) is 2.99. The molecule has 102 valence electrons. The molecule has 4 heteroatoms. The van der Waals surface area contributed by atoms with Crippen molar-refractivity contribution in [3.8, 4) is 0 Å². The Hall–Kier alpha value is -0.960. The van der Waals surface area contributed by atoms with Crippen molar-refractivity contribution >= 4 is 23.2 Å². The van der Waals surface area contributed by atoms with Gasteiger partial charge in [-0.3, -0.25) is 0 Å². The van der Waals surface area contributed by atoms with Gasteiger partial charge in [0.2, 0.25) is 0 Å². The maximum absolute atomic E-state index is 6.22. The van der Waals surface area contributed by atoms with Gasteiger partial charge >= 0.3 is 0 Å². The van der Waals surface area contributed by atoms with Gasteiger partial charge in [0.05, 0.1) is 6.04 Å². The van der Waals surface area contributed by atoms with Crippen LogP contribution in [0.3, 0.4) is 0 Å². The Morgan fingerprint density at radius 1 is 1.21 bits per heavy atom. The molecular formula is C15H17Cl2NO. The van der Waals surface area contributed by atoms with E-state index in [-0.39, 0.29) is 6.04 Å². The smallest absolute Gasteiger partial charge is 0.121 e. The van der Waals surface area contributed by atoms with Gasteiger partial charge in [-0.2, -0.15) is 0 Å². The van der Waals surface area contributed by atoms with E-state index < -0.39 is 0 Å². The van der Waals surface area contributed by atoms with E-state index in [2.05, 4.69) is 12.2 Å². The zero-order valence-electron chi connectivity index (χ0n) is 11.0. The highest BCUT2D eigenvalue weighted by molar-refractivity contribution is 6.33. The van der Waals surface area contributed by atoms with Crippen LogP contribution < -0.4 is 5.32 Å². The average molecular weight is 298 g/mol. The van der Waals surface area contributed by atoms with Gasteiger partial charge < -0.3 is 9.73 Å². The Morgan fingerprint density at radius 3 is 2.63 bits per heavy atom. The second kappa shape index (κ2) is 6.47. The van der Waals surface area contributed by atoms with Gasteiger partial charge in [-0.1, -0.05) is 30.1 Å². The summed E-state index contributed by atoms with van der Waals surface area (Å²) in [5.74, 6) is 1.84. The maximum atomic E-state index is 6.22. The molecule has 1 aromatic carbocycles. The lowest BCUT2D eigenvalue weighted by Gasteiger charge is -2.16. The highest BCUT2D eigenvalue weighted by atomic mass is 35.5. The number of aryl methyl sites for hydroxylation is 1. The molecule has 1 atom stereocenters. The predicted molar refractivity (Wildman–Crippen MR) is 80.0 cm³/mol. The fraction of sp³-hybridized carbons (Fsp3) is 0.333. The first kappa shape index (κ1) is 14.4. The highest BCUT2D eigenvalue weighted by Gasteiger charge is 2.16. The molecule has 2 rings (SSSR count). The largest absolute Gasteiger partial charge is 0.465 e. The Kier molecular flexibility index (Phi) is 4.92. The molecule has 1 heterocycles. The summed E-state index contributed by atoms with van der Waals surface area (Å²) >= 11 is 12.2. The Bertz CT molecular complexity index is 551. The zero-order chi connectivity index (χ0) is 13.8. The summed E-state index contributed by atoms with van der Waals surface area (Å²) < 4.78 is 5.70. The molecule has 1 N–H and O–H groups in total. The van der Waals surface area contributed by atoms with Crippen molar-refractivity contribution < 1.29 is 4.42 Å². The first-order valence-electron chi connectivity index (χ1n) is 6.33. The van der Waals surface area contributed by atoms with E-state index in [1.807, 2.05) is 31.2 Å². The van der Waals surface area contributed by atoms with E-state index in [0.29, 0.717) is 5.02 Å². The summed E-state index contributed by atoms with van der Waals surface area (Å²) in [5.41, 5.74) is 1.02. The molecule has 1 aromatic heterocycles. The van der Waals surface area contributed by atoms with Crippen LogP contribution in [0.5, 0.6) is 0 Å². The molecule has 0 aliphatic carbocycles. The zero-order valence-corrected chi connectivity index (χ0v) is 12.6. The quantitative estimate of drug-likeness (QED) is 0.858. The average Bonchev–Trinajstić information content (AvgIpc) is 2.80. The molecule has 0 fully saturated rings. The molecular weight excluding hydrogens is 281 g/mol. The van der Waals surface area contributed by atoms with Gasteiger partial charge in [0.1, 0.15) is 11.5 Å². The number of nitrogens with one attached hydrogen (secondary N) is 1. The van der Waals surface area contributed by atoms with E-state index >= 15 is 0 Å². The fourth-order valence-corrected chi connectivity index (χ4v) is 2.47. The molecule has 1 unspecified atom stereocenters. The fourth-order valence-electron chi connectivity index (χ4n) is 2.08. The number of hydrogen-bond acceptors (Lipinski definition) is 2. The normalized spacial score (nSPS) is 12.6. The monoisotopic (exact) mass is 297 g/mol. The van der Waals surface area contributed by atoms with Crippen LogP contribution in [0.25, 0.3) is 0 Å². The van der Waals surface area contributed by atoms with Gasteiger partial charge in [-0.15, -0.1) is 0 Å². The van der Waals surface area contributed by atoms with Crippen molar-refractivity contribution in [2.45, 2.75) is 26.3 Å². The number of benzene rings is 1. The van der Waals surface area contributed by atoms with Crippen LogP contribution in [0.4, 0.5) is 0 Å². The first-order valence-corrected chi connectivity index (χ1v) is 7.09. The molecule has 0 bridgehead atoms. The van der Waals surface area contributed by atoms with Crippen molar-refractivity contribution in [1.29, 1.82) is 0 Å². The number of rotatable bonds is 5. The SMILES string of the molecule is CCNC(Cc1cc(Cl)ccc1Cl)c1ccc(C)o1. The molecule has 19 heavy (non-hydrogen) atoms. The van der Waals surface area contributed by atoms with Gasteiger partial charge in [0.25, 0.3) is 0 Å². The lowest BCUT2D eigenvalue weighted by atomic mass is 10.0. The van der Waals surface area contributed by atoms with Gasteiger partial charge in [0.15, 0.2) is 0 Å². The third kappa shape index (κ3) is 3.75. The van der Waals surface area contributed by atoms with Crippen LogP contribution in [-0.2, 0) is 6.42 Å². The second-order valence-corrected chi connectivity index (χ2v) is 5.34. The van der Waals surface area contributed by atoms with Crippen molar-refractivity contribution in [3.63, 3.8) is 0 Å². The van der Waals surface area contributed by atoms with Gasteiger partial charge in [0, 0.05) is 10.0 Å². The van der Waals surface area contributed by atoms with E-state index in [1.165, 1.54) is 0 Å². The summed E-state index contributed by atoms with van der Waals surface area (Å²) in [6.07, 6.45) is 0.750. The van der Waals surface area contributed by atoms with E-state index in [1.54, 1.807) is 6.07 Å². The number of halogens is 2. The minimum atomic E-state index is 0.106. The summed E-state index contributed by atoms with van der Waals surface area (Å²) in [6.45, 7) is 4.88. The van der Waals surface area contributed by atoms with E-state index in [9.17, 15) is 0 Å². The molecule has 2 aromatic rings.